The van der Waals surface area contributed by atoms with Crippen LogP contribution in [0, 0.1) is 5.92 Å². The van der Waals surface area contributed by atoms with Gasteiger partial charge in [-0.2, -0.15) is 5.10 Å². The number of hydrogen-bond acceptors (Lipinski definition) is 5. The minimum absolute atomic E-state index is 0.238. The van der Waals surface area contributed by atoms with Crippen molar-refractivity contribution in [2.75, 3.05) is 18.5 Å². The first-order valence-corrected chi connectivity index (χ1v) is 5.61. The fourth-order valence-corrected chi connectivity index (χ4v) is 2.02. The molecule has 2 unspecified atom stereocenters. The highest BCUT2D eigenvalue weighted by Crippen LogP contribution is 2.18. The van der Waals surface area contributed by atoms with Crippen LogP contribution in [-0.2, 0) is 9.53 Å². The number of carboxylic acid groups (broad SMARTS) is 1. The van der Waals surface area contributed by atoms with Crippen LogP contribution in [0.25, 0.3) is 5.65 Å². The van der Waals surface area contributed by atoms with Crippen LogP contribution in [0.5, 0.6) is 0 Å². The van der Waals surface area contributed by atoms with E-state index >= 15 is 0 Å². The van der Waals surface area contributed by atoms with Crippen LogP contribution < -0.4 is 5.32 Å². The quantitative estimate of drug-likeness (QED) is 0.809. The van der Waals surface area contributed by atoms with E-state index in [1.807, 2.05) is 0 Å². The lowest BCUT2D eigenvalue weighted by atomic mass is 10.0. The molecule has 18 heavy (non-hydrogen) atoms. The maximum Gasteiger partial charge on any atom is 0.311 e. The Morgan fingerprint density at radius 1 is 1.50 bits per heavy atom. The van der Waals surface area contributed by atoms with Crippen molar-refractivity contribution in [3.8, 4) is 0 Å². The molecule has 2 aromatic heterocycles. The minimum Gasteiger partial charge on any atom is -0.481 e. The summed E-state index contributed by atoms with van der Waals surface area (Å²) in [6, 6.07) is 3.29. The van der Waals surface area contributed by atoms with Crippen LogP contribution in [0.3, 0.4) is 0 Å². The highest BCUT2D eigenvalue weighted by molar-refractivity contribution is 5.72. The molecule has 2 atom stereocenters. The normalized spacial score (nSPS) is 23.3. The number of aromatic nitrogens is 3. The highest BCUT2D eigenvalue weighted by Gasteiger charge is 2.34. The van der Waals surface area contributed by atoms with Crippen molar-refractivity contribution in [2.24, 2.45) is 5.92 Å². The van der Waals surface area contributed by atoms with E-state index in [1.54, 1.807) is 29.0 Å². The van der Waals surface area contributed by atoms with E-state index in [1.165, 1.54) is 0 Å². The summed E-state index contributed by atoms with van der Waals surface area (Å²) >= 11 is 0. The van der Waals surface area contributed by atoms with Crippen molar-refractivity contribution < 1.29 is 14.6 Å². The van der Waals surface area contributed by atoms with Gasteiger partial charge in [-0.1, -0.05) is 0 Å². The third kappa shape index (κ3) is 1.88. The standard InChI is InChI=1S/C11H12N4O3/c16-11(17)7-5-18-6-8(7)13-9-2-4-15-10(14-9)1-3-12-15/h1-4,7-8H,5-6H2,(H,13,14)(H,16,17). The Labute approximate surface area is 102 Å². The number of hydrogen-bond donors (Lipinski definition) is 2. The number of nitrogens with zero attached hydrogens (tertiary/aromatic N) is 3. The summed E-state index contributed by atoms with van der Waals surface area (Å²) in [5.41, 5.74) is 0.714. The first-order chi connectivity index (χ1) is 8.74. The van der Waals surface area contributed by atoms with Gasteiger partial charge in [0.05, 0.1) is 25.5 Å². The number of aliphatic carboxylic acids is 1. The van der Waals surface area contributed by atoms with Gasteiger partial charge in [-0.15, -0.1) is 0 Å². The Kier molecular flexibility index (Phi) is 2.60. The summed E-state index contributed by atoms with van der Waals surface area (Å²) in [5.74, 6) is -0.756. The smallest absolute Gasteiger partial charge is 0.311 e. The Bertz CT molecular complexity index is 582. The van der Waals surface area contributed by atoms with Crippen LogP contribution in [0.1, 0.15) is 0 Å². The van der Waals surface area contributed by atoms with Gasteiger partial charge in [0.2, 0.25) is 0 Å². The molecule has 0 amide bonds. The van der Waals surface area contributed by atoms with E-state index in [2.05, 4.69) is 15.4 Å². The topological polar surface area (TPSA) is 88.8 Å². The zero-order chi connectivity index (χ0) is 12.5. The fourth-order valence-electron chi connectivity index (χ4n) is 2.02. The molecule has 0 bridgehead atoms. The first kappa shape index (κ1) is 11.0. The van der Waals surface area contributed by atoms with E-state index in [-0.39, 0.29) is 12.6 Å². The van der Waals surface area contributed by atoms with Gasteiger partial charge in [-0.25, -0.2) is 9.50 Å². The van der Waals surface area contributed by atoms with Crippen molar-refractivity contribution >= 4 is 17.4 Å². The minimum atomic E-state index is -0.851. The van der Waals surface area contributed by atoms with E-state index in [4.69, 9.17) is 9.84 Å². The molecule has 0 aliphatic carbocycles. The number of ether oxygens (including phenoxy) is 1. The summed E-state index contributed by atoms with van der Waals surface area (Å²) in [4.78, 5) is 15.4. The van der Waals surface area contributed by atoms with Crippen molar-refractivity contribution in [1.82, 2.24) is 14.6 Å². The fraction of sp³-hybridized carbons (Fsp3) is 0.364. The predicted molar refractivity (Wildman–Crippen MR) is 62.3 cm³/mol. The van der Waals surface area contributed by atoms with Crippen LogP contribution in [0.2, 0.25) is 0 Å². The van der Waals surface area contributed by atoms with Crippen molar-refractivity contribution in [3.05, 3.63) is 24.5 Å². The largest absolute Gasteiger partial charge is 0.481 e. The van der Waals surface area contributed by atoms with Crippen LogP contribution in [0.4, 0.5) is 5.82 Å². The summed E-state index contributed by atoms with van der Waals surface area (Å²) in [5, 5.41) is 16.2. The second-order valence-electron chi connectivity index (χ2n) is 4.18. The van der Waals surface area contributed by atoms with Gasteiger partial charge in [-0.05, 0) is 6.07 Å². The Hall–Kier alpha value is -2.15. The molecule has 94 valence electrons. The molecule has 0 saturated carbocycles. The number of anilines is 1. The van der Waals surface area contributed by atoms with Gasteiger partial charge >= 0.3 is 5.97 Å². The van der Waals surface area contributed by atoms with Gasteiger partial charge < -0.3 is 15.2 Å². The summed E-state index contributed by atoms with van der Waals surface area (Å²) in [6.45, 7) is 0.616. The highest BCUT2D eigenvalue weighted by atomic mass is 16.5. The van der Waals surface area contributed by atoms with Crippen molar-refractivity contribution in [2.45, 2.75) is 6.04 Å². The maximum absolute atomic E-state index is 11.0. The molecule has 1 aliphatic rings. The lowest BCUT2D eigenvalue weighted by molar-refractivity contribution is -0.141. The third-order valence-corrected chi connectivity index (χ3v) is 2.99. The van der Waals surface area contributed by atoms with Gasteiger partial charge in [0, 0.05) is 12.3 Å². The monoisotopic (exact) mass is 248 g/mol. The molecular formula is C11H12N4O3. The summed E-state index contributed by atoms with van der Waals surface area (Å²) in [6.07, 6.45) is 3.43. The second-order valence-corrected chi connectivity index (χ2v) is 4.18. The Balaban J connectivity index is 1.80. The number of carboxylic acids is 1. The van der Waals surface area contributed by atoms with E-state index in [9.17, 15) is 4.79 Å². The average molecular weight is 248 g/mol. The van der Waals surface area contributed by atoms with Crippen molar-refractivity contribution in [1.29, 1.82) is 0 Å². The maximum atomic E-state index is 11.0. The first-order valence-electron chi connectivity index (χ1n) is 5.61. The molecule has 2 N–H and O–H groups in total. The molecule has 0 aromatic carbocycles. The summed E-state index contributed by atoms with van der Waals surface area (Å²) < 4.78 is 6.83. The molecule has 3 heterocycles. The van der Waals surface area contributed by atoms with Gasteiger partial charge in [0.15, 0.2) is 5.65 Å². The Morgan fingerprint density at radius 2 is 2.39 bits per heavy atom. The second kappa shape index (κ2) is 4.26. The van der Waals surface area contributed by atoms with Crippen LogP contribution >= 0.6 is 0 Å². The molecule has 1 aliphatic heterocycles. The number of rotatable bonds is 3. The van der Waals surface area contributed by atoms with E-state index in [0.29, 0.717) is 18.1 Å². The zero-order valence-electron chi connectivity index (χ0n) is 9.48. The molecule has 7 heteroatoms. The van der Waals surface area contributed by atoms with Gasteiger partial charge in [0.25, 0.3) is 0 Å². The molecule has 7 nitrogen and oxygen atoms in total. The van der Waals surface area contributed by atoms with Gasteiger partial charge in [-0.3, -0.25) is 4.79 Å². The number of nitrogens with one attached hydrogen (secondary N) is 1. The van der Waals surface area contributed by atoms with E-state index in [0.717, 1.165) is 0 Å². The number of carbonyl (C=O) groups is 1. The zero-order valence-corrected chi connectivity index (χ0v) is 9.48. The summed E-state index contributed by atoms with van der Waals surface area (Å²) in [7, 11) is 0. The molecular weight excluding hydrogens is 236 g/mol. The van der Waals surface area contributed by atoms with Gasteiger partial charge in [0.1, 0.15) is 11.7 Å². The molecule has 3 rings (SSSR count). The Morgan fingerprint density at radius 3 is 3.22 bits per heavy atom. The molecule has 2 aromatic rings. The molecule has 1 fully saturated rings. The predicted octanol–water partition coefficient (Wildman–Crippen LogP) is 0.241. The molecule has 1 saturated heterocycles. The SMILES string of the molecule is O=C(O)C1COCC1Nc1ccn2nccc2n1. The number of fused-ring (bicyclic) bond motifs is 1. The molecule has 0 spiro atoms. The van der Waals surface area contributed by atoms with Crippen LogP contribution in [0.15, 0.2) is 24.5 Å². The van der Waals surface area contributed by atoms with E-state index < -0.39 is 11.9 Å². The van der Waals surface area contributed by atoms with Crippen LogP contribution in [-0.4, -0.2) is 44.9 Å². The lowest BCUT2D eigenvalue weighted by Gasteiger charge is -2.16. The van der Waals surface area contributed by atoms with Crippen molar-refractivity contribution in [3.63, 3.8) is 0 Å². The molecule has 0 radical (unpaired) electrons. The third-order valence-electron chi connectivity index (χ3n) is 2.99. The average Bonchev–Trinajstić information content (AvgIpc) is 2.96. The lowest BCUT2D eigenvalue weighted by Crippen LogP contribution is -2.33.